The van der Waals surface area contributed by atoms with Gasteiger partial charge in [0.15, 0.2) is 0 Å². The maximum atomic E-state index is 13.2. The molecule has 0 saturated carbocycles. The smallest absolute Gasteiger partial charge is 0.382 e. The number of hydrogen-bond acceptors (Lipinski definition) is 6. The van der Waals surface area contributed by atoms with Gasteiger partial charge in [-0.3, -0.25) is 19.6 Å². The molecule has 0 spiro atoms. The van der Waals surface area contributed by atoms with E-state index in [1.807, 2.05) is 24.1 Å². The summed E-state index contributed by atoms with van der Waals surface area (Å²) in [7, 11) is 0. The number of amides is 1. The maximum Gasteiger partial charge on any atom is 0.416 e. The molecular weight excluding hydrogens is 519 g/mol. The third kappa shape index (κ3) is 8.91. The van der Waals surface area contributed by atoms with E-state index in [1.165, 1.54) is 17.7 Å². The highest BCUT2D eigenvalue weighted by molar-refractivity contribution is 5.75. The van der Waals surface area contributed by atoms with E-state index < -0.39 is 11.7 Å². The molecule has 1 aromatic carbocycles. The van der Waals surface area contributed by atoms with Crippen molar-refractivity contribution < 1.29 is 22.7 Å². The van der Waals surface area contributed by atoms with Gasteiger partial charge in [-0.25, -0.2) is 0 Å². The van der Waals surface area contributed by atoms with Crippen molar-refractivity contribution in [2.24, 2.45) is 5.92 Å². The summed E-state index contributed by atoms with van der Waals surface area (Å²) < 4.78 is 45.0. The normalized spacial score (nSPS) is 20.9. The third-order valence-electron chi connectivity index (χ3n) is 7.96. The van der Waals surface area contributed by atoms with Gasteiger partial charge in [-0.15, -0.1) is 0 Å². The van der Waals surface area contributed by atoms with Crippen LogP contribution in [0.1, 0.15) is 43.7 Å². The minimum Gasteiger partial charge on any atom is -0.382 e. The van der Waals surface area contributed by atoms with Crippen LogP contribution in [0.2, 0.25) is 0 Å². The Morgan fingerprint density at radius 2 is 1.95 bits per heavy atom. The summed E-state index contributed by atoms with van der Waals surface area (Å²) in [5.74, 6) is 0.411. The van der Waals surface area contributed by atoms with E-state index in [0.717, 1.165) is 58.1 Å². The number of carbonyl (C=O) groups is 1. The Bertz CT molecular complexity index is 1050. The Labute approximate surface area is 235 Å². The largest absolute Gasteiger partial charge is 0.416 e. The van der Waals surface area contributed by atoms with Crippen molar-refractivity contribution >= 4 is 11.6 Å². The molecule has 3 heterocycles. The zero-order chi connectivity index (χ0) is 28.4. The van der Waals surface area contributed by atoms with Crippen molar-refractivity contribution in [1.29, 1.82) is 0 Å². The SMILES string of the molecule is CCOCCCNC(=O)CC[C@H]1CN(Cc2cccnc2)CC[C@H]1N1CCN(c2cccc(C(F)(F)F)c2)CC1. The quantitative estimate of drug-likeness (QED) is 0.387. The van der Waals surface area contributed by atoms with Crippen LogP contribution in [0.15, 0.2) is 48.8 Å². The Hall–Kier alpha value is -2.69. The molecule has 220 valence electrons. The summed E-state index contributed by atoms with van der Waals surface area (Å²) >= 11 is 0. The number of anilines is 1. The first-order valence-electron chi connectivity index (χ1n) is 14.5. The van der Waals surface area contributed by atoms with Crippen LogP contribution in [-0.2, 0) is 22.3 Å². The first-order valence-corrected chi connectivity index (χ1v) is 14.5. The van der Waals surface area contributed by atoms with Gasteiger partial charge in [0, 0.05) is 89.6 Å². The first kappa shape index (κ1) is 30.3. The molecule has 0 unspecified atom stereocenters. The predicted octanol–water partition coefficient (Wildman–Crippen LogP) is 4.44. The molecule has 1 amide bonds. The minimum absolute atomic E-state index is 0.0778. The van der Waals surface area contributed by atoms with Gasteiger partial charge in [0.2, 0.25) is 5.91 Å². The lowest BCUT2D eigenvalue weighted by atomic mass is 9.86. The molecule has 7 nitrogen and oxygen atoms in total. The number of nitrogens with zero attached hydrogens (tertiary/aromatic N) is 4. The van der Waals surface area contributed by atoms with Gasteiger partial charge in [0.05, 0.1) is 5.56 Å². The number of ether oxygens (including phenoxy) is 1. The molecule has 2 atom stereocenters. The van der Waals surface area contributed by atoms with Crippen molar-refractivity contribution in [2.75, 3.05) is 63.9 Å². The Balaban J connectivity index is 1.34. The van der Waals surface area contributed by atoms with Crippen molar-refractivity contribution in [3.8, 4) is 0 Å². The standard InChI is InChI=1S/C30H42F3N5O2/c1-2-40-19-5-13-35-29(39)10-9-25-23-36(22-24-6-4-12-34-21-24)14-11-28(25)38-17-15-37(16-18-38)27-8-3-7-26(20-27)30(31,32)33/h3-4,6-8,12,20-21,25,28H,2,5,9-11,13-19,22-23H2,1H3,(H,35,39)/t25-,28+/m0/s1. The summed E-state index contributed by atoms with van der Waals surface area (Å²) in [5.41, 5.74) is 1.20. The number of alkyl halides is 3. The van der Waals surface area contributed by atoms with Crippen LogP contribution >= 0.6 is 0 Å². The fourth-order valence-corrected chi connectivity index (χ4v) is 5.89. The summed E-state index contributed by atoms with van der Waals surface area (Å²) in [5, 5.41) is 3.02. The van der Waals surface area contributed by atoms with Gasteiger partial charge < -0.3 is 15.0 Å². The molecule has 2 saturated heterocycles. The molecule has 2 aromatic rings. The second kappa shape index (κ2) is 14.8. The highest BCUT2D eigenvalue weighted by Crippen LogP contribution is 2.33. The Morgan fingerprint density at radius 1 is 1.12 bits per heavy atom. The van der Waals surface area contributed by atoms with Crippen molar-refractivity contribution in [3.63, 3.8) is 0 Å². The molecule has 4 rings (SSSR count). The fourth-order valence-electron chi connectivity index (χ4n) is 5.89. The van der Waals surface area contributed by atoms with E-state index in [2.05, 4.69) is 26.2 Å². The predicted molar refractivity (Wildman–Crippen MR) is 150 cm³/mol. The van der Waals surface area contributed by atoms with Gasteiger partial charge in [-0.1, -0.05) is 12.1 Å². The molecule has 2 aliphatic rings. The van der Waals surface area contributed by atoms with Crippen LogP contribution in [0, 0.1) is 5.92 Å². The molecular formula is C30H42F3N5O2. The number of benzene rings is 1. The second-order valence-electron chi connectivity index (χ2n) is 10.7. The van der Waals surface area contributed by atoms with Crippen LogP contribution < -0.4 is 10.2 Å². The van der Waals surface area contributed by atoms with E-state index in [4.69, 9.17) is 4.74 Å². The molecule has 0 radical (unpaired) electrons. The first-order chi connectivity index (χ1) is 19.3. The van der Waals surface area contributed by atoms with Gasteiger partial charge >= 0.3 is 6.18 Å². The molecule has 2 aliphatic heterocycles. The van der Waals surface area contributed by atoms with E-state index in [0.29, 0.717) is 56.9 Å². The third-order valence-corrected chi connectivity index (χ3v) is 7.96. The van der Waals surface area contributed by atoms with Crippen LogP contribution in [-0.4, -0.2) is 85.8 Å². The van der Waals surface area contributed by atoms with Crippen LogP contribution in [0.5, 0.6) is 0 Å². The van der Waals surface area contributed by atoms with Crippen LogP contribution in [0.4, 0.5) is 18.9 Å². The lowest BCUT2D eigenvalue weighted by Crippen LogP contribution is -2.56. The lowest BCUT2D eigenvalue weighted by Gasteiger charge is -2.47. The summed E-state index contributed by atoms with van der Waals surface area (Å²) in [4.78, 5) is 23.9. The number of pyridine rings is 1. The number of rotatable bonds is 12. The van der Waals surface area contributed by atoms with Crippen molar-refractivity contribution in [2.45, 2.75) is 51.4 Å². The number of hydrogen-bond donors (Lipinski definition) is 1. The van der Waals surface area contributed by atoms with Gasteiger partial charge in [-0.05, 0) is 68.5 Å². The summed E-state index contributed by atoms with van der Waals surface area (Å²) in [6, 6.07) is 10.0. The highest BCUT2D eigenvalue weighted by atomic mass is 19.4. The second-order valence-corrected chi connectivity index (χ2v) is 10.7. The number of aromatic nitrogens is 1. The topological polar surface area (TPSA) is 60.9 Å². The van der Waals surface area contributed by atoms with Gasteiger partial charge in [0.25, 0.3) is 0 Å². The molecule has 1 aromatic heterocycles. The summed E-state index contributed by atoms with van der Waals surface area (Å²) in [6.45, 7) is 9.59. The number of halogens is 3. The minimum atomic E-state index is -4.34. The van der Waals surface area contributed by atoms with E-state index in [-0.39, 0.29) is 5.91 Å². The number of likely N-dealkylation sites (tertiary alicyclic amines) is 1. The molecule has 2 fully saturated rings. The molecule has 0 bridgehead atoms. The van der Waals surface area contributed by atoms with Gasteiger partial charge in [-0.2, -0.15) is 13.2 Å². The molecule has 0 aliphatic carbocycles. The maximum absolute atomic E-state index is 13.2. The van der Waals surface area contributed by atoms with E-state index in [1.54, 1.807) is 12.3 Å². The average Bonchev–Trinajstić information content (AvgIpc) is 2.96. The zero-order valence-electron chi connectivity index (χ0n) is 23.4. The number of nitrogens with one attached hydrogen (secondary N) is 1. The molecule has 40 heavy (non-hydrogen) atoms. The number of piperidine rings is 1. The van der Waals surface area contributed by atoms with E-state index >= 15 is 0 Å². The zero-order valence-corrected chi connectivity index (χ0v) is 23.4. The summed E-state index contributed by atoms with van der Waals surface area (Å²) in [6.07, 6.45) is 2.45. The molecule has 1 N–H and O–H groups in total. The molecule has 10 heteroatoms. The Morgan fingerprint density at radius 3 is 2.67 bits per heavy atom. The monoisotopic (exact) mass is 561 g/mol. The Kier molecular flexibility index (Phi) is 11.2. The fraction of sp³-hybridized carbons (Fsp3) is 0.600. The number of carbonyl (C=O) groups excluding carboxylic acids is 1. The van der Waals surface area contributed by atoms with Crippen molar-refractivity contribution in [3.05, 3.63) is 59.9 Å². The highest BCUT2D eigenvalue weighted by Gasteiger charge is 2.35. The van der Waals surface area contributed by atoms with E-state index in [9.17, 15) is 18.0 Å². The number of piperazine rings is 1. The van der Waals surface area contributed by atoms with Gasteiger partial charge in [0.1, 0.15) is 0 Å². The van der Waals surface area contributed by atoms with Crippen molar-refractivity contribution in [1.82, 2.24) is 20.1 Å². The van der Waals surface area contributed by atoms with Crippen LogP contribution in [0.3, 0.4) is 0 Å². The average molecular weight is 562 g/mol. The van der Waals surface area contributed by atoms with Crippen LogP contribution in [0.25, 0.3) is 0 Å². The lowest BCUT2D eigenvalue weighted by molar-refractivity contribution is -0.137.